The van der Waals surface area contributed by atoms with E-state index >= 15 is 0 Å². The normalized spacial score (nSPS) is 11.7. The number of hydrogen-bond acceptors (Lipinski definition) is 3. The lowest BCUT2D eigenvalue weighted by molar-refractivity contribution is -0.140. The second-order valence-electron chi connectivity index (χ2n) is 6.63. The molecule has 0 bridgehead atoms. The molecule has 1 unspecified atom stereocenters. The van der Waals surface area contributed by atoms with E-state index in [1.165, 1.54) is 5.56 Å². The van der Waals surface area contributed by atoms with Gasteiger partial charge < -0.3 is 10.2 Å². The number of carbonyl (C=O) groups excluding carboxylic acids is 2. The van der Waals surface area contributed by atoms with Gasteiger partial charge in [-0.2, -0.15) is 11.8 Å². The molecule has 1 atom stereocenters. The van der Waals surface area contributed by atoms with Crippen molar-refractivity contribution in [1.82, 2.24) is 10.2 Å². The van der Waals surface area contributed by atoms with Crippen LogP contribution in [0.3, 0.4) is 0 Å². The predicted octanol–water partition coefficient (Wildman–Crippen LogP) is 5.17. The molecule has 0 saturated heterocycles. The van der Waals surface area contributed by atoms with Crippen LogP contribution >= 0.6 is 35.0 Å². The number of hydrogen-bond donors (Lipinski definition) is 1. The van der Waals surface area contributed by atoms with E-state index in [4.69, 9.17) is 23.2 Å². The van der Waals surface area contributed by atoms with Crippen LogP contribution in [0.2, 0.25) is 10.0 Å². The standard InChI is InChI=1S/C22H26Cl2N2O2S/c1-3-25-22(28)16(2)26(14-18-9-10-19(23)20(24)13-18)21(27)11-12-29-15-17-7-5-4-6-8-17/h4-10,13,16H,3,11-12,14-15H2,1-2H3,(H,25,28). The Labute approximate surface area is 187 Å². The van der Waals surface area contributed by atoms with E-state index in [9.17, 15) is 9.59 Å². The van der Waals surface area contributed by atoms with Crippen molar-refractivity contribution in [3.63, 3.8) is 0 Å². The van der Waals surface area contributed by atoms with E-state index in [1.54, 1.807) is 35.7 Å². The van der Waals surface area contributed by atoms with Crippen LogP contribution in [0.4, 0.5) is 0 Å². The first-order chi connectivity index (χ1) is 13.9. The van der Waals surface area contributed by atoms with Gasteiger partial charge in [0.05, 0.1) is 10.0 Å². The van der Waals surface area contributed by atoms with Crippen LogP contribution in [-0.4, -0.2) is 35.1 Å². The van der Waals surface area contributed by atoms with E-state index < -0.39 is 6.04 Å². The number of carbonyl (C=O) groups is 2. The third-order valence-corrected chi connectivity index (χ3v) is 6.20. The number of likely N-dealkylation sites (N-methyl/N-ethyl adjacent to an activating group) is 1. The lowest BCUT2D eigenvalue weighted by Gasteiger charge is -2.29. The van der Waals surface area contributed by atoms with E-state index in [1.807, 2.05) is 31.2 Å². The third-order valence-electron chi connectivity index (χ3n) is 4.43. The van der Waals surface area contributed by atoms with Crippen molar-refractivity contribution >= 4 is 46.8 Å². The van der Waals surface area contributed by atoms with Crippen LogP contribution in [0.25, 0.3) is 0 Å². The number of benzene rings is 2. The van der Waals surface area contributed by atoms with Crippen molar-refractivity contribution in [2.75, 3.05) is 12.3 Å². The summed E-state index contributed by atoms with van der Waals surface area (Å²) in [6.45, 7) is 4.43. The maximum Gasteiger partial charge on any atom is 0.242 e. The topological polar surface area (TPSA) is 49.4 Å². The molecule has 2 rings (SSSR count). The fourth-order valence-electron chi connectivity index (χ4n) is 2.81. The summed E-state index contributed by atoms with van der Waals surface area (Å²) in [5.41, 5.74) is 2.06. The van der Waals surface area contributed by atoms with Crippen molar-refractivity contribution in [3.8, 4) is 0 Å². The summed E-state index contributed by atoms with van der Waals surface area (Å²) in [5, 5.41) is 3.68. The summed E-state index contributed by atoms with van der Waals surface area (Å²) in [4.78, 5) is 26.9. The Balaban J connectivity index is 2.01. The van der Waals surface area contributed by atoms with Gasteiger partial charge in [-0.3, -0.25) is 9.59 Å². The summed E-state index contributed by atoms with van der Waals surface area (Å²) in [7, 11) is 0. The summed E-state index contributed by atoms with van der Waals surface area (Å²) < 4.78 is 0. The van der Waals surface area contributed by atoms with Gasteiger partial charge in [0.1, 0.15) is 6.04 Å². The molecule has 0 heterocycles. The van der Waals surface area contributed by atoms with Gasteiger partial charge in [0.25, 0.3) is 0 Å². The van der Waals surface area contributed by atoms with Crippen molar-refractivity contribution < 1.29 is 9.59 Å². The zero-order chi connectivity index (χ0) is 21.2. The maximum absolute atomic E-state index is 12.9. The van der Waals surface area contributed by atoms with Crippen LogP contribution in [0.1, 0.15) is 31.4 Å². The van der Waals surface area contributed by atoms with Gasteiger partial charge in [-0.25, -0.2) is 0 Å². The highest BCUT2D eigenvalue weighted by Gasteiger charge is 2.25. The Morgan fingerprint density at radius 2 is 1.79 bits per heavy atom. The molecule has 4 nitrogen and oxygen atoms in total. The Bertz CT molecular complexity index is 818. The highest BCUT2D eigenvalue weighted by molar-refractivity contribution is 7.98. The molecular weight excluding hydrogens is 427 g/mol. The van der Waals surface area contributed by atoms with Crippen molar-refractivity contribution in [1.29, 1.82) is 0 Å². The van der Waals surface area contributed by atoms with Crippen LogP contribution in [0.15, 0.2) is 48.5 Å². The number of halogens is 2. The first kappa shape index (κ1) is 23.6. The molecule has 7 heteroatoms. The van der Waals surface area contributed by atoms with Gasteiger partial charge in [-0.05, 0) is 37.1 Å². The Morgan fingerprint density at radius 1 is 1.07 bits per heavy atom. The molecule has 2 aromatic carbocycles. The molecule has 2 amide bonds. The molecule has 0 fully saturated rings. The van der Waals surface area contributed by atoms with E-state index in [2.05, 4.69) is 17.4 Å². The van der Waals surface area contributed by atoms with Crippen LogP contribution < -0.4 is 5.32 Å². The molecule has 0 aliphatic carbocycles. The average molecular weight is 453 g/mol. The van der Waals surface area contributed by atoms with Gasteiger partial charge in [0.15, 0.2) is 0 Å². The van der Waals surface area contributed by atoms with E-state index in [0.29, 0.717) is 35.3 Å². The first-order valence-corrected chi connectivity index (χ1v) is 11.5. The van der Waals surface area contributed by atoms with Crippen molar-refractivity contribution in [3.05, 3.63) is 69.7 Å². The van der Waals surface area contributed by atoms with Crippen LogP contribution in [0.5, 0.6) is 0 Å². The monoisotopic (exact) mass is 452 g/mol. The zero-order valence-electron chi connectivity index (χ0n) is 16.7. The Kier molecular flexibility index (Phi) is 9.85. The molecule has 156 valence electrons. The Morgan fingerprint density at radius 3 is 2.45 bits per heavy atom. The highest BCUT2D eigenvalue weighted by atomic mass is 35.5. The van der Waals surface area contributed by atoms with Crippen LogP contribution in [-0.2, 0) is 21.9 Å². The third kappa shape index (κ3) is 7.57. The minimum Gasteiger partial charge on any atom is -0.355 e. The summed E-state index contributed by atoms with van der Waals surface area (Å²) in [6, 6.07) is 14.8. The zero-order valence-corrected chi connectivity index (χ0v) is 19.0. The smallest absolute Gasteiger partial charge is 0.242 e. The first-order valence-electron chi connectivity index (χ1n) is 9.55. The van der Waals surface area contributed by atoms with Crippen LogP contribution in [0, 0.1) is 0 Å². The molecule has 0 aromatic heterocycles. The quantitative estimate of drug-likeness (QED) is 0.505. The second-order valence-corrected chi connectivity index (χ2v) is 8.55. The molecule has 0 radical (unpaired) electrons. The minimum atomic E-state index is -0.573. The van der Waals surface area contributed by atoms with Gasteiger partial charge in [0.2, 0.25) is 11.8 Å². The molecular formula is C22H26Cl2N2O2S. The minimum absolute atomic E-state index is 0.0598. The van der Waals surface area contributed by atoms with E-state index in [0.717, 1.165) is 11.3 Å². The molecule has 29 heavy (non-hydrogen) atoms. The van der Waals surface area contributed by atoms with Crippen molar-refractivity contribution in [2.24, 2.45) is 0 Å². The summed E-state index contributed by atoms with van der Waals surface area (Å²) >= 11 is 13.8. The number of nitrogens with zero attached hydrogens (tertiary/aromatic N) is 1. The summed E-state index contributed by atoms with van der Waals surface area (Å²) in [6.07, 6.45) is 0.364. The number of nitrogens with one attached hydrogen (secondary N) is 1. The molecule has 0 aliphatic heterocycles. The fraction of sp³-hybridized carbons (Fsp3) is 0.364. The molecule has 0 spiro atoms. The van der Waals surface area contributed by atoms with E-state index in [-0.39, 0.29) is 11.8 Å². The highest BCUT2D eigenvalue weighted by Crippen LogP contribution is 2.24. The summed E-state index contributed by atoms with van der Waals surface area (Å²) in [5.74, 6) is 1.31. The molecule has 0 aliphatic rings. The molecule has 2 aromatic rings. The Hall–Kier alpha value is -1.69. The number of amides is 2. The second kappa shape index (κ2) is 12.1. The van der Waals surface area contributed by atoms with Gasteiger partial charge in [0, 0.05) is 31.0 Å². The van der Waals surface area contributed by atoms with Gasteiger partial charge >= 0.3 is 0 Å². The maximum atomic E-state index is 12.9. The predicted molar refractivity (Wildman–Crippen MR) is 122 cm³/mol. The largest absolute Gasteiger partial charge is 0.355 e. The van der Waals surface area contributed by atoms with Gasteiger partial charge in [-0.1, -0.05) is 59.6 Å². The van der Waals surface area contributed by atoms with Crippen molar-refractivity contribution in [2.45, 2.75) is 38.6 Å². The molecule has 0 saturated carbocycles. The molecule has 1 N–H and O–H groups in total. The average Bonchev–Trinajstić information content (AvgIpc) is 2.72. The SMILES string of the molecule is CCNC(=O)C(C)N(Cc1ccc(Cl)c(Cl)c1)C(=O)CCSCc1ccccc1. The fourth-order valence-corrected chi connectivity index (χ4v) is 4.02. The van der Waals surface area contributed by atoms with Gasteiger partial charge in [-0.15, -0.1) is 0 Å². The number of rotatable bonds is 10. The number of thioether (sulfide) groups is 1. The lowest BCUT2D eigenvalue weighted by atomic mass is 10.1. The lowest BCUT2D eigenvalue weighted by Crippen LogP contribution is -2.47.